The summed E-state index contributed by atoms with van der Waals surface area (Å²) in [5, 5.41) is 2.57. The van der Waals surface area contributed by atoms with Crippen molar-refractivity contribution in [2.45, 2.75) is 25.1 Å². The normalized spacial score (nSPS) is 18.1. The minimum Gasteiger partial charge on any atom is -0.469 e. The lowest BCUT2D eigenvalue weighted by molar-refractivity contribution is -0.145. The number of hydrogen-bond donors (Lipinski definition) is 2. The summed E-state index contributed by atoms with van der Waals surface area (Å²) in [6, 6.07) is 1.04. The van der Waals surface area contributed by atoms with Crippen molar-refractivity contribution in [3.63, 3.8) is 0 Å². The van der Waals surface area contributed by atoms with Crippen LogP contribution in [0.15, 0.2) is 12.3 Å². The van der Waals surface area contributed by atoms with Gasteiger partial charge in [-0.3, -0.25) is 9.59 Å². The van der Waals surface area contributed by atoms with Crippen LogP contribution in [0.2, 0.25) is 0 Å². The largest absolute Gasteiger partial charge is 0.469 e. The average molecular weight is 376 g/mol. The van der Waals surface area contributed by atoms with E-state index in [1.54, 1.807) is 0 Å². The molecule has 1 saturated heterocycles. The summed E-state index contributed by atoms with van der Waals surface area (Å²) in [4.78, 5) is 40.9. The van der Waals surface area contributed by atoms with Crippen molar-refractivity contribution in [2.75, 3.05) is 13.2 Å². The van der Waals surface area contributed by atoms with Gasteiger partial charge in [-0.15, -0.1) is 0 Å². The van der Waals surface area contributed by atoms with Crippen LogP contribution in [0.3, 0.4) is 0 Å². The van der Waals surface area contributed by atoms with E-state index in [0.29, 0.717) is 13.0 Å². The highest BCUT2D eigenvalue weighted by Crippen LogP contribution is 2.26. The number of ether oxygens (including phenoxy) is 2. The number of alkyl halides is 3. The smallest absolute Gasteiger partial charge is 0.451 e. The maximum Gasteiger partial charge on any atom is 0.451 e. The van der Waals surface area contributed by atoms with Gasteiger partial charge in [0.15, 0.2) is 12.7 Å². The van der Waals surface area contributed by atoms with E-state index >= 15 is 0 Å². The van der Waals surface area contributed by atoms with Crippen LogP contribution in [0.25, 0.3) is 0 Å². The molecule has 1 aliphatic rings. The van der Waals surface area contributed by atoms with Crippen LogP contribution in [0.4, 0.5) is 18.0 Å². The lowest BCUT2D eigenvalue weighted by atomic mass is 9.98. The first-order valence-electron chi connectivity index (χ1n) is 7.46. The molecule has 0 saturated carbocycles. The molecule has 1 aromatic heterocycles. The molecule has 0 spiro atoms. The van der Waals surface area contributed by atoms with E-state index in [0.717, 1.165) is 12.3 Å². The van der Waals surface area contributed by atoms with Gasteiger partial charge in [-0.1, -0.05) is 0 Å². The number of nitrogens with zero attached hydrogens (tertiary/aromatic N) is 2. The molecule has 0 bridgehead atoms. The molecule has 0 aromatic carbocycles. The standard InChI is InChI=1S/C14H15F3N4O5/c15-14(16,17)12-20-4-2-10(21-12)25-6-8(22)9(26-13(18)24)5-7-1-3-19-11(7)23/h2,4,7,9H,1,3,5-6H2,(H2,18,24)(H,19,23)/t7-,9-/m0/s1. The topological polar surface area (TPSA) is 134 Å². The number of carbonyl (C=O) groups excluding carboxylic acids is 3. The van der Waals surface area contributed by atoms with Gasteiger partial charge in [0, 0.05) is 31.1 Å². The van der Waals surface area contributed by atoms with Gasteiger partial charge in [0.25, 0.3) is 0 Å². The molecule has 12 heteroatoms. The summed E-state index contributed by atoms with van der Waals surface area (Å²) in [7, 11) is 0. The van der Waals surface area contributed by atoms with Crippen LogP contribution in [0, 0.1) is 5.92 Å². The number of rotatable bonds is 7. The van der Waals surface area contributed by atoms with Crippen molar-refractivity contribution in [3.05, 3.63) is 18.1 Å². The fourth-order valence-electron chi connectivity index (χ4n) is 2.31. The number of carbonyl (C=O) groups is 3. The van der Waals surface area contributed by atoms with Crippen LogP contribution in [0.5, 0.6) is 5.88 Å². The maximum absolute atomic E-state index is 12.5. The molecule has 142 valence electrons. The van der Waals surface area contributed by atoms with Gasteiger partial charge >= 0.3 is 12.3 Å². The lowest BCUT2D eigenvalue weighted by Gasteiger charge is -2.18. The highest BCUT2D eigenvalue weighted by atomic mass is 19.4. The zero-order valence-corrected chi connectivity index (χ0v) is 13.3. The van der Waals surface area contributed by atoms with Crippen molar-refractivity contribution in [1.82, 2.24) is 15.3 Å². The van der Waals surface area contributed by atoms with Crippen LogP contribution < -0.4 is 15.8 Å². The summed E-state index contributed by atoms with van der Waals surface area (Å²) in [5.74, 6) is -3.50. The van der Waals surface area contributed by atoms with Crippen molar-refractivity contribution < 1.29 is 37.0 Å². The molecule has 1 aliphatic heterocycles. The van der Waals surface area contributed by atoms with Gasteiger partial charge in [-0.25, -0.2) is 9.78 Å². The number of nitrogens with one attached hydrogen (secondary N) is 1. The molecule has 2 amide bonds. The Morgan fingerprint density at radius 1 is 1.42 bits per heavy atom. The Hall–Kier alpha value is -2.92. The van der Waals surface area contributed by atoms with Gasteiger partial charge in [0.2, 0.25) is 23.4 Å². The van der Waals surface area contributed by atoms with Gasteiger partial charge in [-0.2, -0.15) is 18.2 Å². The summed E-state index contributed by atoms with van der Waals surface area (Å²) in [6.45, 7) is -0.292. The van der Waals surface area contributed by atoms with Crippen molar-refractivity contribution >= 4 is 17.8 Å². The number of amides is 2. The average Bonchev–Trinajstić information content (AvgIpc) is 2.96. The van der Waals surface area contributed by atoms with E-state index in [9.17, 15) is 27.6 Å². The van der Waals surface area contributed by atoms with Crippen molar-refractivity contribution in [1.29, 1.82) is 0 Å². The quantitative estimate of drug-likeness (QED) is 0.705. The van der Waals surface area contributed by atoms with E-state index in [-0.39, 0.29) is 12.3 Å². The predicted octanol–water partition coefficient (Wildman–Crippen LogP) is 0.433. The molecular weight excluding hydrogens is 361 g/mol. The zero-order chi connectivity index (χ0) is 19.3. The van der Waals surface area contributed by atoms with Gasteiger partial charge in [0.05, 0.1) is 0 Å². The van der Waals surface area contributed by atoms with E-state index in [2.05, 4.69) is 15.3 Å². The first-order chi connectivity index (χ1) is 12.2. The number of ketones is 1. The SMILES string of the molecule is NC(=O)O[C@@H](C[C@@H]1CCNC1=O)C(=O)COc1ccnc(C(F)(F)F)n1. The highest BCUT2D eigenvalue weighted by molar-refractivity contribution is 5.88. The highest BCUT2D eigenvalue weighted by Gasteiger charge is 2.35. The van der Waals surface area contributed by atoms with Crippen LogP contribution in [-0.4, -0.2) is 47.0 Å². The van der Waals surface area contributed by atoms with Gasteiger partial charge in [0.1, 0.15) is 0 Å². The first kappa shape index (κ1) is 19.4. The third-order valence-electron chi connectivity index (χ3n) is 3.52. The summed E-state index contributed by atoms with van der Waals surface area (Å²) < 4.78 is 47.3. The summed E-state index contributed by atoms with van der Waals surface area (Å²) in [6.07, 6.45) is -6.17. The fourth-order valence-corrected chi connectivity index (χ4v) is 2.31. The molecule has 1 fully saturated rings. The number of hydrogen-bond acceptors (Lipinski definition) is 7. The molecule has 2 atom stereocenters. The van der Waals surface area contributed by atoms with Crippen LogP contribution >= 0.6 is 0 Å². The Labute approximate surface area is 145 Å². The number of primary amides is 1. The third kappa shape index (κ3) is 5.29. The van der Waals surface area contributed by atoms with Gasteiger partial charge < -0.3 is 20.5 Å². The summed E-state index contributed by atoms with van der Waals surface area (Å²) in [5.41, 5.74) is 4.91. The lowest BCUT2D eigenvalue weighted by Crippen LogP contribution is -2.36. The Morgan fingerprint density at radius 3 is 2.73 bits per heavy atom. The monoisotopic (exact) mass is 376 g/mol. The molecule has 0 aliphatic carbocycles. The van der Waals surface area contributed by atoms with Crippen molar-refractivity contribution in [2.24, 2.45) is 11.7 Å². The zero-order valence-electron chi connectivity index (χ0n) is 13.3. The Morgan fingerprint density at radius 2 is 2.15 bits per heavy atom. The number of halogens is 3. The van der Waals surface area contributed by atoms with Gasteiger partial charge in [-0.05, 0) is 6.42 Å². The van der Waals surface area contributed by atoms with Crippen LogP contribution in [0.1, 0.15) is 18.7 Å². The molecular formula is C14H15F3N4O5. The number of aromatic nitrogens is 2. The third-order valence-corrected chi connectivity index (χ3v) is 3.52. The number of nitrogens with two attached hydrogens (primary N) is 1. The second-order valence-corrected chi connectivity index (χ2v) is 5.41. The van der Waals surface area contributed by atoms with E-state index in [4.69, 9.17) is 15.2 Å². The molecule has 3 N–H and O–H groups in total. The molecule has 1 aromatic rings. The van der Waals surface area contributed by atoms with Crippen LogP contribution in [-0.2, 0) is 20.5 Å². The molecule has 26 heavy (non-hydrogen) atoms. The second kappa shape index (κ2) is 7.97. The summed E-state index contributed by atoms with van der Waals surface area (Å²) >= 11 is 0. The Bertz CT molecular complexity index is 697. The number of Topliss-reactive ketones (excluding diaryl/α,β-unsaturated/α-hetero) is 1. The molecule has 9 nitrogen and oxygen atoms in total. The molecule has 0 radical (unpaired) electrons. The van der Waals surface area contributed by atoms with E-state index in [1.165, 1.54) is 0 Å². The molecule has 2 heterocycles. The Kier molecular flexibility index (Phi) is 5.95. The minimum absolute atomic E-state index is 0.103. The first-order valence-corrected chi connectivity index (χ1v) is 7.46. The fraction of sp³-hybridized carbons (Fsp3) is 0.500. The van der Waals surface area contributed by atoms with Crippen molar-refractivity contribution in [3.8, 4) is 5.88 Å². The molecule has 0 unspecified atom stereocenters. The Balaban J connectivity index is 2.00. The van der Waals surface area contributed by atoms with E-state index in [1.807, 2.05) is 0 Å². The second-order valence-electron chi connectivity index (χ2n) is 5.41. The maximum atomic E-state index is 12.5. The predicted molar refractivity (Wildman–Crippen MR) is 77.7 cm³/mol. The van der Waals surface area contributed by atoms with E-state index < -0.39 is 48.4 Å². The molecule has 2 rings (SSSR count). The minimum atomic E-state index is -4.77.